The van der Waals surface area contributed by atoms with Crippen molar-refractivity contribution < 1.29 is 25.3 Å². The zero-order valence-corrected chi connectivity index (χ0v) is 23.2. The molecule has 0 spiro atoms. The van der Waals surface area contributed by atoms with Gasteiger partial charge in [-0.3, -0.25) is 0 Å². The van der Waals surface area contributed by atoms with Gasteiger partial charge >= 0.3 is 0 Å². The van der Waals surface area contributed by atoms with E-state index in [4.69, 9.17) is 0 Å². The van der Waals surface area contributed by atoms with Gasteiger partial charge in [-0.05, 0) is 37.1 Å². The van der Waals surface area contributed by atoms with Crippen LogP contribution in [-0.2, 0) is 41.0 Å². The number of rotatable bonds is 8. The van der Waals surface area contributed by atoms with Crippen LogP contribution in [0.5, 0.6) is 0 Å². The number of benzene rings is 2. The van der Waals surface area contributed by atoms with Gasteiger partial charge in [-0.15, -0.1) is 0 Å². The van der Waals surface area contributed by atoms with Gasteiger partial charge in [0.2, 0.25) is 0 Å². The zero-order valence-electron chi connectivity index (χ0n) is 20.7. The molecule has 0 saturated heterocycles. The summed E-state index contributed by atoms with van der Waals surface area (Å²) in [7, 11) is -13.9. The fraction of sp³-hybridized carbons (Fsp3) is 0.286. The van der Waals surface area contributed by atoms with E-state index >= 15 is 0 Å². The number of sulfone groups is 3. The number of hydrogen-bond acceptors (Lipinski definition) is 6. The van der Waals surface area contributed by atoms with E-state index in [2.05, 4.69) is 0 Å². The summed E-state index contributed by atoms with van der Waals surface area (Å²) in [5, 5.41) is 0. The molecule has 0 bridgehead atoms. The zero-order chi connectivity index (χ0) is 27.0. The average Bonchev–Trinajstić information content (AvgIpc) is 2.85. The predicted molar refractivity (Wildman–Crippen MR) is 148 cm³/mol. The Kier molecular flexibility index (Phi) is 7.27. The Balaban J connectivity index is 1.94. The van der Waals surface area contributed by atoms with E-state index in [1.807, 2.05) is 0 Å². The maximum atomic E-state index is 14.8. The molecule has 0 amide bonds. The topological polar surface area (TPSA) is 102 Å². The molecule has 0 saturated carbocycles. The van der Waals surface area contributed by atoms with Gasteiger partial charge in [-0.25, -0.2) is 25.3 Å². The van der Waals surface area contributed by atoms with Crippen LogP contribution in [0, 0.1) is 0 Å². The molecule has 2 atom stereocenters. The van der Waals surface area contributed by atoms with E-state index in [-0.39, 0.29) is 12.8 Å². The summed E-state index contributed by atoms with van der Waals surface area (Å²) in [5.41, 5.74) is 2.26. The van der Waals surface area contributed by atoms with Crippen LogP contribution >= 0.6 is 0 Å². The Bertz CT molecular complexity index is 1500. The first-order valence-electron chi connectivity index (χ1n) is 11.8. The summed E-state index contributed by atoms with van der Waals surface area (Å²) < 4.78 is 80.9. The molecule has 2 aromatic carbocycles. The lowest BCUT2D eigenvalue weighted by Gasteiger charge is -2.40. The van der Waals surface area contributed by atoms with E-state index < -0.39 is 49.2 Å². The molecule has 2 aliphatic carbocycles. The molecule has 37 heavy (non-hydrogen) atoms. The summed E-state index contributed by atoms with van der Waals surface area (Å²) in [6.45, 7) is 3.48. The molecule has 0 radical (unpaired) electrons. The lowest BCUT2D eigenvalue weighted by Crippen LogP contribution is -2.58. The molecule has 6 nitrogen and oxygen atoms in total. The second-order valence-electron chi connectivity index (χ2n) is 9.59. The van der Waals surface area contributed by atoms with Crippen LogP contribution in [-0.4, -0.2) is 33.4 Å². The lowest BCUT2D eigenvalue weighted by atomic mass is 10.1. The molecular weight excluding hydrogens is 529 g/mol. The molecule has 0 fully saturated rings. The van der Waals surface area contributed by atoms with Gasteiger partial charge in [0.15, 0.2) is 37.7 Å². The SMILES string of the molecule is CC1=CCC(S(=O)(=O)Cc2ccccc2)(S(=O)(=O)C2(S(=O)(=O)Cc3ccccc3)C=CC(C)=CC2)C=C1. The summed E-state index contributed by atoms with van der Waals surface area (Å²) in [6, 6.07) is 16.6. The molecule has 2 aromatic rings. The molecule has 2 unspecified atom stereocenters. The van der Waals surface area contributed by atoms with Crippen LogP contribution in [0.15, 0.2) is 108 Å². The van der Waals surface area contributed by atoms with Crippen molar-refractivity contribution in [1.82, 2.24) is 0 Å². The molecule has 0 heterocycles. The summed E-state index contributed by atoms with van der Waals surface area (Å²) in [5.74, 6) is -1.09. The first kappa shape index (κ1) is 27.3. The first-order chi connectivity index (χ1) is 17.4. The Labute approximate surface area is 219 Å². The van der Waals surface area contributed by atoms with E-state index in [1.54, 1.807) is 86.7 Å². The summed E-state index contributed by atoms with van der Waals surface area (Å²) in [4.78, 5) is 0. The molecular formula is C28H30O6S3. The highest BCUT2D eigenvalue weighted by atomic mass is 32.3. The van der Waals surface area contributed by atoms with Crippen molar-refractivity contribution in [3.63, 3.8) is 0 Å². The van der Waals surface area contributed by atoms with Crippen LogP contribution in [0.4, 0.5) is 0 Å². The Hall–Kier alpha value is -2.75. The molecule has 0 aromatic heterocycles. The highest BCUT2D eigenvalue weighted by Crippen LogP contribution is 2.48. The number of hydrogen-bond donors (Lipinski definition) is 0. The maximum Gasteiger partial charge on any atom is 0.198 e. The van der Waals surface area contributed by atoms with E-state index in [0.717, 1.165) is 0 Å². The minimum atomic E-state index is -4.95. The summed E-state index contributed by atoms with van der Waals surface area (Å²) >= 11 is 0. The van der Waals surface area contributed by atoms with Crippen LogP contribution in [0.1, 0.15) is 37.8 Å². The Morgan fingerprint density at radius 3 is 1.24 bits per heavy atom. The minimum Gasteiger partial charge on any atom is -0.226 e. The third-order valence-electron chi connectivity index (χ3n) is 6.98. The van der Waals surface area contributed by atoms with Gasteiger partial charge in [0.25, 0.3) is 0 Å². The maximum absolute atomic E-state index is 14.8. The van der Waals surface area contributed by atoms with Crippen LogP contribution in [0.25, 0.3) is 0 Å². The molecule has 4 rings (SSSR count). The van der Waals surface area contributed by atoms with Crippen molar-refractivity contribution in [2.45, 2.75) is 46.4 Å². The van der Waals surface area contributed by atoms with Crippen molar-refractivity contribution in [3.05, 3.63) is 119 Å². The normalized spacial score (nSPS) is 24.4. The third kappa shape index (κ3) is 4.69. The predicted octanol–water partition coefficient (Wildman–Crippen LogP) is 4.84. The van der Waals surface area contributed by atoms with Gasteiger partial charge in [0.05, 0.1) is 11.5 Å². The second kappa shape index (κ2) is 9.85. The summed E-state index contributed by atoms with van der Waals surface area (Å²) in [6.07, 6.45) is 7.61. The standard InChI is InChI=1S/C28H30O6S3/c1-23-13-17-27(18-14-23,35(29,30)21-25-9-5-3-6-10-25)37(33,34)28(19-15-24(2)16-20-28)36(31,32)22-26-11-7-4-8-12-26/h3-17,19H,18,20-22H2,1-2H3. The van der Waals surface area contributed by atoms with Crippen molar-refractivity contribution in [2.24, 2.45) is 0 Å². The molecule has 196 valence electrons. The third-order valence-corrected chi connectivity index (χ3v) is 16.4. The highest BCUT2D eigenvalue weighted by Gasteiger charge is 2.65. The molecule has 2 aliphatic rings. The van der Waals surface area contributed by atoms with Gasteiger partial charge in [0.1, 0.15) is 0 Å². The molecule has 0 N–H and O–H groups in total. The first-order valence-corrected chi connectivity index (χ1v) is 16.6. The fourth-order valence-electron chi connectivity index (χ4n) is 4.71. The van der Waals surface area contributed by atoms with Crippen LogP contribution in [0.3, 0.4) is 0 Å². The van der Waals surface area contributed by atoms with Crippen LogP contribution in [0.2, 0.25) is 0 Å². The number of allylic oxidation sites excluding steroid dienone is 6. The fourth-order valence-corrected chi connectivity index (χ4v) is 13.5. The largest absolute Gasteiger partial charge is 0.226 e. The van der Waals surface area contributed by atoms with E-state index in [9.17, 15) is 25.3 Å². The van der Waals surface area contributed by atoms with Gasteiger partial charge in [0, 0.05) is 12.8 Å². The monoisotopic (exact) mass is 558 g/mol. The van der Waals surface area contributed by atoms with Crippen molar-refractivity contribution in [1.29, 1.82) is 0 Å². The van der Waals surface area contributed by atoms with E-state index in [0.29, 0.717) is 22.3 Å². The molecule has 0 aliphatic heterocycles. The van der Waals surface area contributed by atoms with Gasteiger partial charge in [-0.2, -0.15) is 0 Å². The van der Waals surface area contributed by atoms with E-state index in [1.165, 1.54) is 24.3 Å². The smallest absolute Gasteiger partial charge is 0.198 e. The quantitative estimate of drug-likeness (QED) is 0.460. The Morgan fingerprint density at radius 1 is 0.595 bits per heavy atom. The lowest BCUT2D eigenvalue weighted by molar-refractivity contribution is 0.537. The molecule has 9 heteroatoms. The van der Waals surface area contributed by atoms with Crippen molar-refractivity contribution in [3.8, 4) is 0 Å². The average molecular weight is 559 g/mol. The minimum absolute atomic E-state index is 0.369. The van der Waals surface area contributed by atoms with Crippen LogP contribution < -0.4 is 0 Å². The second-order valence-corrected chi connectivity index (χ2v) is 17.1. The van der Waals surface area contributed by atoms with Gasteiger partial charge in [-0.1, -0.05) is 96.1 Å². The van der Waals surface area contributed by atoms with Crippen molar-refractivity contribution >= 4 is 29.5 Å². The van der Waals surface area contributed by atoms with Gasteiger partial charge < -0.3 is 0 Å². The Morgan fingerprint density at radius 2 is 0.946 bits per heavy atom. The van der Waals surface area contributed by atoms with Crippen molar-refractivity contribution in [2.75, 3.05) is 0 Å². The highest BCUT2D eigenvalue weighted by molar-refractivity contribution is 8.18.